The topological polar surface area (TPSA) is 112 Å². The Balaban J connectivity index is 1.79. The van der Waals surface area contributed by atoms with Crippen molar-refractivity contribution in [2.45, 2.75) is 46.3 Å². The Kier molecular flexibility index (Phi) is 7.50. The molecule has 3 N–H and O–H groups in total. The second-order valence-electron chi connectivity index (χ2n) is 8.97. The fraction of sp³-hybridized carbons (Fsp3) is 0.333. The highest BCUT2D eigenvalue weighted by atomic mass is 35.5. The van der Waals surface area contributed by atoms with Gasteiger partial charge in [0, 0.05) is 5.41 Å². The zero-order valence-electron chi connectivity index (χ0n) is 19.1. The molecular weight excluding hydrogens is 442 g/mol. The highest BCUT2D eigenvalue weighted by Crippen LogP contribution is 2.27. The minimum atomic E-state index is -1.07. The molecule has 174 valence electrons. The van der Waals surface area contributed by atoms with Crippen molar-refractivity contribution in [2.24, 2.45) is 11.1 Å². The summed E-state index contributed by atoms with van der Waals surface area (Å²) in [4.78, 5) is 26.0. The van der Waals surface area contributed by atoms with E-state index in [-0.39, 0.29) is 5.15 Å². The zero-order valence-corrected chi connectivity index (χ0v) is 19.8. The lowest BCUT2D eigenvalue weighted by Gasteiger charge is -2.30. The number of esters is 1. The summed E-state index contributed by atoms with van der Waals surface area (Å²) in [5.74, 6) is -1.11. The predicted molar refractivity (Wildman–Crippen MR) is 127 cm³/mol. The Morgan fingerprint density at radius 3 is 2.48 bits per heavy atom. The van der Waals surface area contributed by atoms with E-state index < -0.39 is 29.4 Å². The Labute approximate surface area is 198 Å². The van der Waals surface area contributed by atoms with Crippen LogP contribution in [0.15, 0.2) is 54.7 Å². The number of anilines is 1. The molecule has 8 nitrogen and oxygen atoms in total. The number of nitrogens with zero attached hydrogens (tertiary/aromatic N) is 3. The number of aromatic nitrogens is 3. The molecule has 0 bridgehead atoms. The molecule has 0 spiro atoms. The average Bonchev–Trinajstić information content (AvgIpc) is 3.17. The molecule has 9 heteroatoms. The van der Waals surface area contributed by atoms with Gasteiger partial charge in [0.1, 0.15) is 6.04 Å². The first-order valence-electron chi connectivity index (χ1n) is 10.5. The van der Waals surface area contributed by atoms with Gasteiger partial charge in [-0.3, -0.25) is 9.59 Å². The lowest BCUT2D eigenvalue weighted by Crippen LogP contribution is -2.46. The first-order valence-corrected chi connectivity index (χ1v) is 10.9. The monoisotopic (exact) mass is 469 g/mol. The van der Waals surface area contributed by atoms with Crippen LogP contribution in [0.4, 0.5) is 5.69 Å². The fourth-order valence-corrected chi connectivity index (χ4v) is 3.41. The molecule has 0 aliphatic carbocycles. The summed E-state index contributed by atoms with van der Waals surface area (Å²) >= 11 is 5.90. The molecule has 0 aliphatic rings. The molecule has 0 fully saturated rings. The number of hydrogen-bond acceptors (Lipinski definition) is 6. The van der Waals surface area contributed by atoms with Gasteiger partial charge in [-0.2, -0.15) is 0 Å². The van der Waals surface area contributed by atoms with E-state index in [2.05, 4.69) is 15.6 Å². The number of halogens is 1. The number of ether oxygens (including phenoxy) is 1. The Bertz CT molecular complexity index is 1120. The van der Waals surface area contributed by atoms with Crippen molar-refractivity contribution in [1.29, 1.82) is 0 Å². The van der Waals surface area contributed by atoms with Gasteiger partial charge < -0.3 is 15.8 Å². The van der Waals surface area contributed by atoms with Crippen LogP contribution in [0, 0.1) is 12.3 Å². The predicted octanol–water partition coefficient (Wildman–Crippen LogP) is 3.70. The summed E-state index contributed by atoms with van der Waals surface area (Å²) in [6.07, 6.45) is 0.776. The van der Waals surface area contributed by atoms with Gasteiger partial charge in [-0.05, 0) is 36.6 Å². The van der Waals surface area contributed by atoms with Crippen molar-refractivity contribution in [3.63, 3.8) is 0 Å². The number of rotatable bonds is 7. The highest BCUT2D eigenvalue weighted by Gasteiger charge is 2.36. The maximum Gasteiger partial charge on any atom is 0.324 e. The van der Waals surface area contributed by atoms with Crippen LogP contribution in [0.1, 0.15) is 31.9 Å². The summed E-state index contributed by atoms with van der Waals surface area (Å²) in [5.41, 5.74) is 8.31. The first kappa shape index (κ1) is 24.4. The van der Waals surface area contributed by atoms with E-state index >= 15 is 0 Å². The summed E-state index contributed by atoms with van der Waals surface area (Å²) in [5, 5.41) is 10.9. The van der Waals surface area contributed by atoms with Crippen LogP contribution in [-0.2, 0) is 20.7 Å². The average molecular weight is 470 g/mol. The summed E-state index contributed by atoms with van der Waals surface area (Å²) in [7, 11) is 0. The van der Waals surface area contributed by atoms with Crippen LogP contribution in [0.2, 0.25) is 5.15 Å². The normalized spacial score (nSPS) is 13.3. The molecular formula is C24H28ClN5O3. The quantitative estimate of drug-likeness (QED) is 0.510. The molecule has 1 aromatic heterocycles. The first-order chi connectivity index (χ1) is 15.5. The molecule has 2 atom stereocenters. The van der Waals surface area contributed by atoms with E-state index in [0.29, 0.717) is 17.8 Å². The SMILES string of the molecule is Cc1ccc(-n2cc(Cl)nn2)c(NC(=O)C(OC(=O)[C@@H](N)Cc2ccccc2)C(C)(C)C)c1. The lowest BCUT2D eigenvalue weighted by atomic mass is 9.88. The smallest absolute Gasteiger partial charge is 0.324 e. The summed E-state index contributed by atoms with van der Waals surface area (Å²) in [6.45, 7) is 7.36. The Morgan fingerprint density at radius 2 is 1.88 bits per heavy atom. The van der Waals surface area contributed by atoms with E-state index in [1.165, 1.54) is 10.9 Å². The van der Waals surface area contributed by atoms with Crippen molar-refractivity contribution >= 4 is 29.2 Å². The third-order valence-corrected chi connectivity index (χ3v) is 5.16. The van der Waals surface area contributed by atoms with Gasteiger partial charge in [-0.25, -0.2) is 4.68 Å². The maximum atomic E-state index is 13.3. The number of benzene rings is 2. The van der Waals surface area contributed by atoms with E-state index in [0.717, 1.165) is 11.1 Å². The van der Waals surface area contributed by atoms with Crippen molar-refractivity contribution < 1.29 is 14.3 Å². The van der Waals surface area contributed by atoms with E-state index in [4.69, 9.17) is 22.1 Å². The van der Waals surface area contributed by atoms with Crippen molar-refractivity contribution in [3.8, 4) is 5.69 Å². The second-order valence-corrected chi connectivity index (χ2v) is 9.36. The van der Waals surface area contributed by atoms with Crippen molar-refractivity contribution in [1.82, 2.24) is 15.0 Å². The van der Waals surface area contributed by atoms with Crippen molar-refractivity contribution in [2.75, 3.05) is 5.32 Å². The van der Waals surface area contributed by atoms with Crippen LogP contribution in [0.5, 0.6) is 0 Å². The van der Waals surface area contributed by atoms with Gasteiger partial charge in [0.15, 0.2) is 11.3 Å². The molecule has 2 aromatic carbocycles. The largest absolute Gasteiger partial charge is 0.451 e. The molecule has 0 saturated heterocycles. The standard InChI is InChI=1S/C24H28ClN5O3/c1-15-10-11-19(30-14-20(25)28-29-30)18(12-15)27-22(31)21(24(2,3)4)33-23(32)17(26)13-16-8-6-5-7-9-16/h5-12,14,17,21H,13,26H2,1-4H3,(H,27,31)/t17-,21?/m0/s1. The highest BCUT2D eigenvalue weighted by molar-refractivity contribution is 6.29. The van der Waals surface area contributed by atoms with Gasteiger partial charge >= 0.3 is 5.97 Å². The fourth-order valence-electron chi connectivity index (χ4n) is 3.29. The number of carbonyl (C=O) groups is 2. The van der Waals surface area contributed by atoms with Crippen LogP contribution >= 0.6 is 11.6 Å². The van der Waals surface area contributed by atoms with Gasteiger partial charge in [-0.15, -0.1) is 5.10 Å². The van der Waals surface area contributed by atoms with Gasteiger partial charge in [0.2, 0.25) is 0 Å². The lowest BCUT2D eigenvalue weighted by molar-refractivity contribution is -0.161. The van der Waals surface area contributed by atoms with E-state index in [1.807, 2.05) is 64.1 Å². The molecule has 0 radical (unpaired) electrons. The van der Waals surface area contributed by atoms with E-state index in [1.54, 1.807) is 12.1 Å². The van der Waals surface area contributed by atoms with Crippen LogP contribution < -0.4 is 11.1 Å². The molecule has 1 unspecified atom stereocenters. The van der Waals surface area contributed by atoms with Gasteiger partial charge in [-0.1, -0.05) is 74.0 Å². The number of nitrogens with two attached hydrogens (primary N) is 1. The van der Waals surface area contributed by atoms with Crippen LogP contribution in [-0.4, -0.2) is 39.0 Å². The molecule has 3 rings (SSSR count). The molecule has 0 saturated carbocycles. The number of hydrogen-bond donors (Lipinski definition) is 2. The van der Waals surface area contributed by atoms with Gasteiger partial charge in [0.05, 0.1) is 17.6 Å². The third-order valence-electron chi connectivity index (χ3n) is 4.98. The van der Waals surface area contributed by atoms with Crippen LogP contribution in [0.3, 0.4) is 0 Å². The molecule has 0 aliphatic heterocycles. The third kappa shape index (κ3) is 6.40. The zero-order chi connectivity index (χ0) is 24.2. The second kappa shape index (κ2) is 10.1. The molecule has 33 heavy (non-hydrogen) atoms. The maximum absolute atomic E-state index is 13.3. The summed E-state index contributed by atoms with van der Waals surface area (Å²) < 4.78 is 7.09. The Hall–Kier alpha value is -3.23. The summed E-state index contributed by atoms with van der Waals surface area (Å²) in [6, 6.07) is 14.0. The van der Waals surface area contributed by atoms with Gasteiger partial charge in [0.25, 0.3) is 5.91 Å². The van der Waals surface area contributed by atoms with Crippen LogP contribution in [0.25, 0.3) is 5.69 Å². The molecule has 3 aromatic rings. The minimum absolute atomic E-state index is 0.224. The van der Waals surface area contributed by atoms with E-state index in [9.17, 15) is 9.59 Å². The number of nitrogens with one attached hydrogen (secondary N) is 1. The minimum Gasteiger partial charge on any atom is -0.451 e. The number of amides is 1. The molecule has 1 amide bonds. The van der Waals surface area contributed by atoms with Crippen molar-refractivity contribution in [3.05, 3.63) is 71.0 Å². The Morgan fingerprint density at radius 1 is 1.18 bits per heavy atom. The number of carbonyl (C=O) groups excluding carboxylic acids is 2. The number of aryl methyl sites for hydroxylation is 1. The molecule has 1 heterocycles.